The van der Waals surface area contributed by atoms with Gasteiger partial charge in [-0.15, -0.1) is 0 Å². The molecule has 0 unspecified atom stereocenters. The van der Waals surface area contributed by atoms with E-state index in [9.17, 15) is 0 Å². The van der Waals surface area contributed by atoms with E-state index in [1.807, 2.05) is 0 Å². The van der Waals surface area contributed by atoms with Crippen LogP contribution in [-0.4, -0.2) is 0 Å². The first-order valence-corrected chi connectivity index (χ1v) is 11.8. The molecule has 0 atom stereocenters. The van der Waals surface area contributed by atoms with Crippen molar-refractivity contribution in [1.82, 2.24) is 0 Å². The Morgan fingerprint density at radius 2 is 1.12 bits per heavy atom. The second kappa shape index (κ2) is 7.63. The molecule has 1 nitrogen and oxygen atoms in total. The Morgan fingerprint density at radius 1 is 0.485 bits per heavy atom. The molecule has 1 aromatic heterocycles. The van der Waals surface area contributed by atoms with Gasteiger partial charge in [-0.3, -0.25) is 0 Å². The molecule has 0 aliphatic carbocycles. The lowest BCUT2D eigenvalue weighted by Gasteiger charge is -2.25. The Labute approximate surface area is 197 Å². The number of hydrogen-bond donors (Lipinski definition) is 0. The SMILES string of the molecule is CC(C)(C)c1ccc(-c2ccc3oc4cccc(-c5ccccc5)c4c3c2C(C)(C)C)cc1. The molecule has 166 valence electrons. The Balaban J connectivity index is 1.85. The van der Waals surface area contributed by atoms with Crippen molar-refractivity contribution in [3.63, 3.8) is 0 Å². The first-order chi connectivity index (χ1) is 15.6. The second-order valence-electron chi connectivity index (χ2n) is 11.1. The van der Waals surface area contributed by atoms with Crippen LogP contribution in [0.2, 0.25) is 0 Å². The van der Waals surface area contributed by atoms with E-state index in [2.05, 4.69) is 126 Å². The molecule has 0 radical (unpaired) electrons. The smallest absolute Gasteiger partial charge is 0.136 e. The molecule has 0 N–H and O–H groups in total. The van der Waals surface area contributed by atoms with Crippen molar-refractivity contribution in [2.24, 2.45) is 0 Å². The zero-order valence-electron chi connectivity index (χ0n) is 20.5. The number of rotatable bonds is 2. The molecule has 0 fully saturated rings. The minimum atomic E-state index is -0.0574. The zero-order valence-corrected chi connectivity index (χ0v) is 20.5. The zero-order chi connectivity index (χ0) is 23.4. The Morgan fingerprint density at radius 3 is 1.76 bits per heavy atom. The Hall–Kier alpha value is -3.32. The highest BCUT2D eigenvalue weighted by molar-refractivity contribution is 6.15. The number of fused-ring (bicyclic) bond motifs is 3. The van der Waals surface area contributed by atoms with E-state index in [1.165, 1.54) is 44.2 Å². The molecule has 4 aromatic carbocycles. The first kappa shape index (κ1) is 21.5. The normalized spacial score (nSPS) is 12.5. The van der Waals surface area contributed by atoms with Crippen LogP contribution in [0.5, 0.6) is 0 Å². The summed E-state index contributed by atoms with van der Waals surface area (Å²) in [4.78, 5) is 0. The highest BCUT2D eigenvalue weighted by atomic mass is 16.3. The molecule has 5 aromatic rings. The number of hydrogen-bond acceptors (Lipinski definition) is 1. The molecule has 0 aliphatic heterocycles. The maximum Gasteiger partial charge on any atom is 0.136 e. The molecule has 0 aliphatic rings. The quantitative estimate of drug-likeness (QED) is 0.271. The van der Waals surface area contributed by atoms with Crippen LogP contribution < -0.4 is 0 Å². The van der Waals surface area contributed by atoms with E-state index in [-0.39, 0.29) is 10.8 Å². The average molecular weight is 433 g/mol. The van der Waals surface area contributed by atoms with Crippen molar-refractivity contribution in [2.45, 2.75) is 52.4 Å². The van der Waals surface area contributed by atoms with Crippen LogP contribution in [0, 0.1) is 0 Å². The summed E-state index contributed by atoms with van der Waals surface area (Å²) in [5, 5.41) is 2.44. The second-order valence-corrected chi connectivity index (χ2v) is 11.1. The summed E-state index contributed by atoms with van der Waals surface area (Å²) in [5.41, 5.74) is 9.63. The fourth-order valence-corrected chi connectivity index (χ4v) is 4.94. The van der Waals surface area contributed by atoms with Gasteiger partial charge in [-0.25, -0.2) is 0 Å². The predicted octanol–water partition coefficient (Wildman–Crippen LogP) is 9.51. The van der Waals surface area contributed by atoms with Gasteiger partial charge in [0.1, 0.15) is 11.2 Å². The van der Waals surface area contributed by atoms with Gasteiger partial charge in [0.05, 0.1) is 0 Å². The lowest BCUT2D eigenvalue weighted by atomic mass is 9.78. The third-order valence-corrected chi connectivity index (χ3v) is 6.56. The fraction of sp³-hybridized carbons (Fsp3) is 0.250. The molecule has 1 heterocycles. The summed E-state index contributed by atoms with van der Waals surface area (Å²) in [6.07, 6.45) is 0. The van der Waals surface area contributed by atoms with E-state index >= 15 is 0 Å². The van der Waals surface area contributed by atoms with Crippen molar-refractivity contribution >= 4 is 21.9 Å². The van der Waals surface area contributed by atoms with Crippen molar-refractivity contribution in [1.29, 1.82) is 0 Å². The monoisotopic (exact) mass is 432 g/mol. The van der Waals surface area contributed by atoms with Crippen LogP contribution in [0.4, 0.5) is 0 Å². The van der Waals surface area contributed by atoms with Crippen LogP contribution in [0.1, 0.15) is 52.7 Å². The van der Waals surface area contributed by atoms with E-state index in [0.29, 0.717) is 0 Å². The molecular weight excluding hydrogens is 400 g/mol. The summed E-state index contributed by atoms with van der Waals surface area (Å²) >= 11 is 0. The maximum absolute atomic E-state index is 6.41. The third-order valence-electron chi connectivity index (χ3n) is 6.56. The van der Waals surface area contributed by atoms with Gasteiger partial charge >= 0.3 is 0 Å². The van der Waals surface area contributed by atoms with Crippen LogP contribution >= 0.6 is 0 Å². The lowest BCUT2D eigenvalue weighted by molar-refractivity contribution is 0.590. The molecule has 1 heteroatoms. The van der Waals surface area contributed by atoms with Gasteiger partial charge in [-0.1, -0.05) is 114 Å². The van der Waals surface area contributed by atoms with Gasteiger partial charge in [0, 0.05) is 10.8 Å². The average Bonchev–Trinajstić information content (AvgIpc) is 3.16. The van der Waals surface area contributed by atoms with Gasteiger partial charge in [0.25, 0.3) is 0 Å². The Kier molecular flexibility index (Phi) is 4.97. The highest BCUT2D eigenvalue weighted by Crippen LogP contribution is 2.45. The number of furan rings is 1. The minimum absolute atomic E-state index is 0.0574. The summed E-state index contributed by atoms with van der Waals surface area (Å²) in [6.45, 7) is 13.7. The van der Waals surface area contributed by atoms with E-state index in [0.717, 1.165) is 11.2 Å². The summed E-state index contributed by atoms with van der Waals surface area (Å²) in [7, 11) is 0. The summed E-state index contributed by atoms with van der Waals surface area (Å²) < 4.78 is 6.41. The van der Waals surface area contributed by atoms with Gasteiger partial charge in [0.2, 0.25) is 0 Å². The van der Waals surface area contributed by atoms with Gasteiger partial charge in [-0.05, 0) is 56.3 Å². The van der Waals surface area contributed by atoms with Gasteiger partial charge < -0.3 is 4.42 Å². The summed E-state index contributed by atoms with van der Waals surface area (Å²) in [6, 6.07) is 30.5. The van der Waals surface area contributed by atoms with Crippen molar-refractivity contribution < 1.29 is 4.42 Å². The molecular formula is C32H32O. The van der Waals surface area contributed by atoms with E-state index in [4.69, 9.17) is 4.42 Å². The molecule has 0 saturated carbocycles. The fourth-order valence-electron chi connectivity index (χ4n) is 4.94. The van der Waals surface area contributed by atoms with E-state index < -0.39 is 0 Å². The van der Waals surface area contributed by atoms with Crippen LogP contribution in [-0.2, 0) is 10.8 Å². The largest absolute Gasteiger partial charge is 0.456 e. The van der Waals surface area contributed by atoms with Crippen LogP contribution in [0.3, 0.4) is 0 Å². The summed E-state index contributed by atoms with van der Waals surface area (Å²) in [5.74, 6) is 0. The van der Waals surface area contributed by atoms with Gasteiger partial charge in [0.15, 0.2) is 0 Å². The molecule has 5 rings (SSSR count). The van der Waals surface area contributed by atoms with Crippen molar-refractivity contribution in [3.05, 3.63) is 96.1 Å². The standard InChI is InChI=1S/C32H32O/c1-31(2,3)23-17-15-22(16-18-23)25-19-20-27-29(30(25)32(4,5)6)28-24(13-10-14-26(28)33-27)21-11-8-7-9-12-21/h7-20H,1-6H3. The van der Waals surface area contributed by atoms with Crippen LogP contribution in [0.25, 0.3) is 44.2 Å². The Bertz CT molecular complexity index is 1440. The third kappa shape index (κ3) is 3.76. The molecule has 0 bridgehead atoms. The van der Waals surface area contributed by atoms with Crippen molar-refractivity contribution in [3.8, 4) is 22.3 Å². The first-order valence-electron chi connectivity index (χ1n) is 11.8. The molecule has 0 saturated heterocycles. The highest BCUT2D eigenvalue weighted by Gasteiger charge is 2.26. The molecule has 33 heavy (non-hydrogen) atoms. The number of benzene rings is 4. The lowest BCUT2D eigenvalue weighted by Crippen LogP contribution is -2.14. The van der Waals surface area contributed by atoms with Crippen molar-refractivity contribution in [2.75, 3.05) is 0 Å². The van der Waals surface area contributed by atoms with Crippen LogP contribution in [0.15, 0.2) is 89.3 Å². The molecule has 0 spiro atoms. The topological polar surface area (TPSA) is 13.1 Å². The van der Waals surface area contributed by atoms with E-state index in [1.54, 1.807) is 0 Å². The maximum atomic E-state index is 6.41. The molecule has 0 amide bonds. The minimum Gasteiger partial charge on any atom is -0.456 e. The predicted molar refractivity (Wildman–Crippen MR) is 142 cm³/mol. The van der Waals surface area contributed by atoms with Gasteiger partial charge in [-0.2, -0.15) is 0 Å².